The number of rotatable bonds is 5. The van der Waals surface area contributed by atoms with Gasteiger partial charge in [-0.2, -0.15) is 0 Å². The molecule has 0 saturated carbocycles. The molecule has 0 amide bonds. The van der Waals surface area contributed by atoms with Crippen molar-refractivity contribution < 1.29 is 0 Å². The summed E-state index contributed by atoms with van der Waals surface area (Å²) in [7, 11) is 4.02. The fourth-order valence-electron chi connectivity index (χ4n) is 1.61. The summed E-state index contributed by atoms with van der Waals surface area (Å²) in [6, 6.07) is 5.97. The third kappa shape index (κ3) is 3.60. The Bertz CT molecular complexity index is 335. The minimum Gasteiger partial charge on any atom is -0.383 e. The zero-order chi connectivity index (χ0) is 12.1. The molecule has 3 heteroatoms. The van der Waals surface area contributed by atoms with Gasteiger partial charge in [-0.1, -0.05) is 31.5 Å². The minimum absolute atomic E-state index is 0.717. The Kier molecular flexibility index (Phi) is 4.94. The van der Waals surface area contributed by atoms with E-state index in [1.807, 2.05) is 31.1 Å². The molecule has 1 aromatic carbocycles. The van der Waals surface area contributed by atoms with Crippen LogP contribution in [0.25, 0.3) is 0 Å². The molecule has 0 spiro atoms. The first-order valence-electron chi connectivity index (χ1n) is 5.72. The number of nitrogens with zero attached hydrogens (tertiary/aromatic N) is 1. The molecule has 1 rings (SSSR count). The number of benzene rings is 1. The van der Waals surface area contributed by atoms with E-state index in [9.17, 15) is 0 Å². The highest BCUT2D eigenvalue weighted by Gasteiger charge is 2.08. The van der Waals surface area contributed by atoms with Crippen molar-refractivity contribution in [3.05, 3.63) is 23.2 Å². The Morgan fingerprint density at radius 3 is 2.56 bits per heavy atom. The number of hydrogen-bond donors (Lipinski definition) is 1. The maximum Gasteiger partial charge on any atom is 0.0786 e. The van der Waals surface area contributed by atoms with Crippen molar-refractivity contribution in [2.24, 2.45) is 5.92 Å². The van der Waals surface area contributed by atoms with Gasteiger partial charge < -0.3 is 10.2 Å². The highest BCUT2D eigenvalue weighted by Crippen LogP contribution is 2.32. The molecule has 1 N–H and O–H groups in total. The summed E-state index contributed by atoms with van der Waals surface area (Å²) in [5.41, 5.74) is 2.17. The Morgan fingerprint density at radius 2 is 2.00 bits per heavy atom. The van der Waals surface area contributed by atoms with Crippen LogP contribution in [-0.2, 0) is 0 Å². The van der Waals surface area contributed by atoms with E-state index in [0.29, 0.717) is 0 Å². The minimum atomic E-state index is 0.717. The van der Waals surface area contributed by atoms with Gasteiger partial charge in [-0.05, 0) is 24.5 Å². The average molecular weight is 241 g/mol. The van der Waals surface area contributed by atoms with Crippen molar-refractivity contribution >= 4 is 23.0 Å². The van der Waals surface area contributed by atoms with Crippen molar-refractivity contribution in [3.63, 3.8) is 0 Å². The van der Waals surface area contributed by atoms with Gasteiger partial charge in [0.25, 0.3) is 0 Å². The van der Waals surface area contributed by atoms with Crippen molar-refractivity contribution in [2.75, 3.05) is 30.9 Å². The zero-order valence-corrected chi connectivity index (χ0v) is 11.3. The van der Waals surface area contributed by atoms with Gasteiger partial charge in [0, 0.05) is 20.6 Å². The molecule has 90 valence electrons. The van der Waals surface area contributed by atoms with Gasteiger partial charge in [0.15, 0.2) is 0 Å². The summed E-state index contributed by atoms with van der Waals surface area (Å²) in [5, 5.41) is 4.23. The summed E-state index contributed by atoms with van der Waals surface area (Å²) in [4.78, 5) is 2.04. The second kappa shape index (κ2) is 6.00. The Balaban J connectivity index is 2.75. The monoisotopic (exact) mass is 240 g/mol. The number of halogens is 1. The molecule has 2 nitrogen and oxygen atoms in total. The van der Waals surface area contributed by atoms with Crippen LogP contribution in [0.15, 0.2) is 18.2 Å². The molecular formula is C13H21ClN2. The van der Waals surface area contributed by atoms with Crippen LogP contribution in [-0.4, -0.2) is 20.6 Å². The summed E-state index contributed by atoms with van der Waals surface area (Å²) in [6.07, 6.45) is 1.17. The molecule has 0 atom stereocenters. The molecule has 0 heterocycles. The second-order valence-electron chi connectivity index (χ2n) is 4.64. The maximum atomic E-state index is 6.18. The van der Waals surface area contributed by atoms with Gasteiger partial charge in [-0.25, -0.2) is 0 Å². The first kappa shape index (κ1) is 13.2. The lowest BCUT2D eigenvalue weighted by molar-refractivity contribution is 0.607. The van der Waals surface area contributed by atoms with Crippen molar-refractivity contribution in [1.29, 1.82) is 0 Å². The average Bonchev–Trinajstić information content (AvgIpc) is 2.16. The lowest BCUT2D eigenvalue weighted by Crippen LogP contribution is -2.13. The topological polar surface area (TPSA) is 15.3 Å². The van der Waals surface area contributed by atoms with E-state index in [4.69, 9.17) is 11.6 Å². The second-order valence-corrected chi connectivity index (χ2v) is 5.05. The molecule has 0 aromatic heterocycles. The Morgan fingerprint density at radius 1 is 1.31 bits per heavy atom. The molecule has 0 radical (unpaired) electrons. The van der Waals surface area contributed by atoms with Crippen LogP contribution in [0.5, 0.6) is 0 Å². The summed E-state index contributed by atoms with van der Waals surface area (Å²) in [6.45, 7) is 5.44. The predicted octanol–water partition coefficient (Wildman–Crippen LogP) is 3.86. The lowest BCUT2D eigenvalue weighted by Gasteiger charge is -2.20. The normalized spacial score (nSPS) is 10.6. The van der Waals surface area contributed by atoms with E-state index < -0.39 is 0 Å². The maximum absolute atomic E-state index is 6.18. The van der Waals surface area contributed by atoms with Crippen LogP contribution in [0, 0.1) is 5.92 Å². The molecule has 0 aliphatic rings. The molecule has 16 heavy (non-hydrogen) atoms. The van der Waals surface area contributed by atoms with E-state index in [1.165, 1.54) is 6.42 Å². The van der Waals surface area contributed by atoms with Crippen LogP contribution >= 0.6 is 11.6 Å². The standard InChI is InChI=1S/C13H21ClN2/c1-10(2)8-9-15-12-7-5-6-11(14)13(12)16(3)4/h5-7,10,15H,8-9H2,1-4H3. The van der Waals surface area contributed by atoms with Gasteiger partial charge in [0.1, 0.15) is 0 Å². The van der Waals surface area contributed by atoms with E-state index in [2.05, 4.69) is 25.2 Å². The summed E-state index contributed by atoms with van der Waals surface area (Å²) >= 11 is 6.18. The zero-order valence-electron chi connectivity index (χ0n) is 10.5. The first-order chi connectivity index (χ1) is 7.52. The lowest BCUT2D eigenvalue weighted by atomic mass is 10.1. The Hall–Kier alpha value is -0.890. The Labute approximate surface area is 104 Å². The third-order valence-corrected chi connectivity index (χ3v) is 2.78. The van der Waals surface area contributed by atoms with Crippen molar-refractivity contribution in [1.82, 2.24) is 0 Å². The van der Waals surface area contributed by atoms with Gasteiger partial charge in [0.2, 0.25) is 0 Å². The molecule has 0 saturated heterocycles. The quantitative estimate of drug-likeness (QED) is 0.841. The molecule has 0 aliphatic carbocycles. The number of para-hydroxylation sites is 1. The van der Waals surface area contributed by atoms with Crippen LogP contribution < -0.4 is 10.2 Å². The van der Waals surface area contributed by atoms with Gasteiger partial charge in [-0.15, -0.1) is 0 Å². The molecule has 0 bridgehead atoms. The predicted molar refractivity (Wildman–Crippen MR) is 73.7 cm³/mol. The summed E-state index contributed by atoms with van der Waals surface area (Å²) in [5.74, 6) is 0.717. The van der Waals surface area contributed by atoms with Crippen molar-refractivity contribution in [3.8, 4) is 0 Å². The van der Waals surface area contributed by atoms with Gasteiger partial charge >= 0.3 is 0 Å². The molecule has 0 unspecified atom stereocenters. The summed E-state index contributed by atoms with van der Waals surface area (Å²) < 4.78 is 0. The van der Waals surface area contributed by atoms with Crippen molar-refractivity contribution in [2.45, 2.75) is 20.3 Å². The third-order valence-electron chi connectivity index (χ3n) is 2.47. The smallest absolute Gasteiger partial charge is 0.0786 e. The molecular weight excluding hydrogens is 220 g/mol. The van der Waals surface area contributed by atoms with E-state index in [1.54, 1.807) is 0 Å². The van der Waals surface area contributed by atoms with Crippen LogP contribution in [0.3, 0.4) is 0 Å². The molecule has 1 aromatic rings. The molecule has 0 fully saturated rings. The number of hydrogen-bond acceptors (Lipinski definition) is 2. The number of anilines is 2. The number of nitrogens with one attached hydrogen (secondary N) is 1. The fraction of sp³-hybridized carbons (Fsp3) is 0.538. The molecule has 0 aliphatic heterocycles. The van der Waals surface area contributed by atoms with Gasteiger partial charge in [0.05, 0.1) is 16.4 Å². The SMILES string of the molecule is CC(C)CCNc1cccc(Cl)c1N(C)C. The first-order valence-corrected chi connectivity index (χ1v) is 6.10. The van der Waals surface area contributed by atoms with Crippen LogP contribution in [0.2, 0.25) is 5.02 Å². The highest BCUT2D eigenvalue weighted by molar-refractivity contribution is 6.34. The van der Waals surface area contributed by atoms with Crippen LogP contribution in [0.1, 0.15) is 20.3 Å². The fourth-order valence-corrected chi connectivity index (χ4v) is 1.95. The van der Waals surface area contributed by atoms with E-state index in [0.717, 1.165) is 28.9 Å². The van der Waals surface area contributed by atoms with E-state index in [-0.39, 0.29) is 0 Å². The highest BCUT2D eigenvalue weighted by atomic mass is 35.5. The van der Waals surface area contributed by atoms with Gasteiger partial charge in [-0.3, -0.25) is 0 Å². The van der Waals surface area contributed by atoms with Crippen LogP contribution in [0.4, 0.5) is 11.4 Å². The van der Waals surface area contributed by atoms with E-state index >= 15 is 0 Å². The largest absolute Gasteiger partial charge is 0.383 e.